The van der Waals surface area contributed by atoms with E-state index in [0.29, 0.717) is 12.3 Å². The largest absolute Gasteiger partial charge is 0.344 e. The molecule has 2 aromatic carbocycles. The Labute approximate surface area is 177 Å². The van der Waals surface area contributed by atoms with E-state index in [-0.39, 0.29) is 24.4 Å². The first-order valence-electron chi connectivity index (χ1n) is 10.3. The summed E-state index contributed by atoms with van der Waals surface area (Å²) in [6.07, 6.45) is 1.36. The van der Waals surface area contributed by atoms with E-state index >= 15 is 0 Å². The van der Waals surface area contributed by atoms with Crippen LogP contribution in [0.3, 0.4) is 0 Å². The minimum absolute atomic E-state index is 0.307. The first-order valence-corrected chi connectivity index (χ1v) is 10.3. The normalized spacial score (nSPS) is 18.8. The van der Waals surface area contributed by atoms with E-state index in [4.69, 9.17) is 0 Å². The molecule has 0 spiro atoms. The zero-order valence-electron chi connectivity index (χ0n) is 17.7. The molecule has 0 saturated carbocycles. The molecule has 0 radical (unpaired) electrons. The van der Waals surface area contributed by atoms with Gasteiger partial charge < -0.3 is 10.6 Å². The van der Waals surface area contributed by atoms with Gasteiger partial charge in [0.2, 0.25) is 5.91 Å². The topological polar surface area (TPSA) is 78.5 Å². The van der Waals surface area contributed by atoms with Crippen LogP contribution in [-0.2, 0) is 9.59 Å². The molecule has 6 heteroatoms. The summed E-state index contributed by atoms with van der Waals surface area (Å²) >= 11 is 0. The average molecular weight is 408 g/mol. The summed E-state index contributed by atoms with van der Waals surface area (Å²) in [4.78, 5) is 39.2. The van der Waals surface area contributed by atoms with E-state index in [1.807, 2.05) is 60.7 Å². The lowest BCUT2D eigenvalue weighted by Crippen LogP contribution is -2.45. The average Bonchev–Trinajstić information content (AvgIpc) is 2.95. The van der Waals surface area contributed by atoms with Gasteiger partial charge in [-0.1, -0.05) is 74.5 Å². The van der Waals surface area contributed by atoms with Crippen LogP contribution in [0.1, 0.15) is 50.8 Å². The van der Waals surface area contributed by atoms with Crippen LogP contribution < -0.4 is 10.6 Å². The number of nitrogens with one attached hydrogen (secondary N) is 2. The molecule has 0 aromatic heterocycles. The summed E-state index contributed by atoms with van der Waals surface area (Å²) < 4.78 is 0. The quantitative estimate of drug-likeness (QED) is 0.656. The predicted molar refractivity (Wildman–Crippen MR) is 116 cm³/mol. The Morgan fingerprint density at radius 3 is 2.03 bits per heavy atom. The van der Waals surface area contributed by atoms with E-state index < -0.39 is 11.6 Å². The molecule has 1 heterocycles. The number of rotatable bonds is 8. The van der Waals surface area contributed by atoms with Crippen LogP contribution >= 0.6 is 0 Å². The van der Waals surface area contributed by atoms with E-state index in [9.17, 15) is 14.4 Å². The maximum atomic E-state index is 12.9. The van der Waals surface area contributed by atoms with Gasteiger partial charge in [-0.2, -0.15) is 0 Å². The Balaban J connectivity index is 1.73. The van der Waals surface area contributed by atoms with Crippen molar-refractivity contribution < 1.29 is 14.4 Å². The first kappa shape index (κ1) is 21.6. The molecule has 0 aliphatic carbocycles. The highest BCUT2D eigenvalue weighted by Gasteiger charge is 2.47. The maximum absolute atomic E-state index is 12.9. The highest BCUT2D eigenvalue weighted by Crippen LogP contribution is 2.25. The molecule has 0 unspecified atom stereocenters. The smallest absolute Gasteiger partial charge is 0.325 e. The van der Waals surface area contributed by atoms with Gasteiger partial charge in [-0.05, 0) is 36.8 Å². The van der Waals surface area contributed by atoms with Crippen LogP contribution in [0.5, 0.6) is 0 Å². The van der Waals surface area contributed by atoms with Crippen LogP contribution in [-0.4, -0.2) is 34.8 Å². The minimum atomic E-state index is -0.958. The Morgan fingerprint density at radius 2 is 1.53 bits per heavy atom. The highest BCUT2D eigenvalue weighted by atomic mass is 16.2. The van der Waals surface area contributed by atoms with Crippen LogP contribution in [0.25, 0.3) is 0 Å². The second-order valence-electron chi connectivity index (χ2n) is 8.41. The summed E-state index contributed by atoms with van der Waals surface area (Å²) in [5, 5.41) is 5.75. The SMILES string of the molecule is CC(C)CC[C@@]1(C)NC(=O)N(CC(=O)NC(c2ccccc2)c2ccccc2)C1=O. The zero-order chi connectivity index (χ0) is 21.7. The Kier molecular flexibility index (Phi) is 6.55. The molecule has 158 valence electrons. The third-order valence-electron chi connectivity index (χ3n) is 5.44. The fourth-order valence-corrected chi connectivity index (χ4v) is 3.64. The van der Waals surface area contributed by atoms with Crippen LogP contribution in [0.4, 0.5) is 4.79 Å². The van der Waals surface area contributed by atoms with Crippen LogP contribution in [0.15, 0.2) is 60.7 Å². The Bertz CT molecular complexity index is 859. The molecular formula is C24H29N3O3. The monoisotopic (exact) mass is 407 g/mol. The number of imide groups is 1. The number of amides is 4. The van der Waals surface area contributed by atoms with Gasteiger partial charge >= 0.3 is 6.03 Å². The molecular weight excluding hydrogens is 378 g/mol. The van der Waals surface area contributed by atoms with Crippen molar-refractivity contribution in [2.24, 2.45) is 5.92 Å². The van der Waals surface area contributed by atoms with Crippen molar-refractivity contribution in [1.82, 2.24) is 15.5 Å². The Hall–Kier alpha value is -3.15. The maximum Gasteiger partial charge on any atom is 0.325 e. The fraction of sp³-hybridized carbons (Fsp3) is 0.375. The van der Waals surface area contributed by atoms with E-state index in [2.05, 4.69) is 24.5 Å². The van der Waals surface area contributed by atoms with Crippen molar-refractivity contribution in [3.8, 4) is 0 Å². The van der Waals surface area contributed by atoms with Crippen molar-refractivity contribution in [2.75, 3.05) is 6.54 Å². The van der Waals surface area contributed by atoms with Crippen LogP contribution in [0, 0.1) is 5.92 Å². The second-order valence-corrected chi connectivity index (χ2v) is 8.41. The third kappa shape index (κ3) is 4.87. The van der Waals surface area contributed by atoms with E-state index in [0.717, 1.165) is 22.4 Å². The van der Waals surface area contributed by atoms with E-state index in [1.165, 1.54) is 0 Å². The molecule has 1 aliphatic heterocycles. The van der Waals surface area contributed by atoms with Crippen molar-refractivity contribution in [1.29, 1.82) is 0 Å². The highest BCUT2D eigenvalue weighted by molar-refractivity contribution is 6.08. The number of benzene rings is 2. The van der Waals surface area contributed by atoms with Crippen LogP contribution in [0.2, 0.25) is 0 Å². The lowest BCUT2D eigenvalue weighted by atomic mass is 9.92. The number of hydrogen-bond acceptors (Lipinski definition) is 3. The second kappa shape index (κ2) is 9.11. The zero-order valence-corrected chi connectivity index (χ0v) is 17.7. The number of hydrogen-bond donors (Lipinski definition) is 2. The van der Waals surface area contributed by atoms with Crippen molar-refractivity contribution in [2.45, 2.75) is 45.2 Å². The fourth-order valence-electron chi connectivity index (χ4n) is 3.64. The van der Waals surface area contributed by atoms with Gasteiger partial charge in [0, 0.05) is 0 Å². The predicted octanol–water partition coefficient (Wildman–Crippen LogP) is 3.64. The lowest BCUT2D eigenvalue weighted by molar-refractivity contribution is -0.135. The molecule has 1 saturated heterocycles. The summed E-state index contributed by atoms with van der Waals surface area (Å²) in [7, 11) is 0. The van der Waals surface area contributed by atoms with Gasteiger partial charge in [0.15, 0.2) is 0 Å². The van der Waals surface area contributed by atoms with Crippen molar-refractivity contribution in [3.63, 3.8) is 0 Å². The van der Waals surface area contributed by atoms with Crippen molar-refractivity contribution in [3.05, 3.63) is 71.8 Å². The number of carbonyl (C=O) groups is 3. The molecule has 0 bridgehead atoms. The standard InChI is InChI=1S/C24H29N3O3/c1-17(2)14-15-24(3)22(29)27(23(30)26-24)16-20(28)25-21(18-10-6-4-7-11-18)19-12-8-5-9-13-19/h4-13,17,21H,14-16H2,1-3H3,(H,25,28)(H,26,30)/t24-/m1/s1. The van der Waals surface area contributed by atoms with Gasteiger partial charge in [-0.25, -0.2) is 4.79 Å². The lowest BCUT2D eigenvalue weighted by Gasteiger charge is -2.23. The number of urea groups is 1. The summed E-state index contributed by atoms with van der Waals surface area (Å²) in [6, 6.07) is 18.4. The first-order chi connectivity index (χ1) is 14.3. The van der Waals surface area contributed by atoms with Gasteiger partial charge in [-0.3, -0.25) is 14.5 Å². The number of carbonyl (C=O) groups excluding carboxylic acids is 3. The molecule has 2 aromatic rings. The van der Waals surface area contributed by atoms with Gasteiger partial charge in [0.05, 0.1) is 6.04 Å². The molecule has 1 atom stereocenters. The molecule has 2 N–H and O–H groups in total. The van der Waals surface area contributed by atoms with Crippen molar-refractivity contribution >= 4 is 17.8 Å². The number of nitrogens with zero attached hydrogens (tertiary/aromatic N) is 1. The minimum Gasteiger partial charge on any atom is -0.344 e. The van der Waals surface area contributed by atoms with Gasteiger partial charge in [-0.15, -0.1) is 0 Å². The summed E-state index contributed by atoms with van der Waals surface area (Å²) in [5.41, 5.74) is 0.895. The van der Waals surface area contributed by atoms with E-state index in [1.54, 1.807) is 6.92 Å². The molecule has 1 fully saturated rings. The summed E-state index contributed by atoms with van der Waals surface area (Å²) in [5.74, 6) is -0.315. The molecule has 3 rings (SSSR count). The summed E-state index contributed by atoms with van der Waals surface area (Å²) in [6.45, 7) is 5.56. The molecule has 30 heavy (non-hydrogen) atoms. The Morgan fingerprint density at radius 1 is 1.00 bits per heavy atom. The van der Waals surface area contributed by atoms with Gasteiger partial charge in [0.1, 0.15) is 12.1 Å². The third-order valence-corrected chi connectivity index (χ3v) is 5.44. The molecule has 4 amide bonds. The van der Waals surface area contributed by atoms with Gasteiger partial charge in [0.25, 0.3) is 5.91 Å². The molecule has 6 nitrogen and oxygen atoms in total. The molecule has 1 aliphatic rings.